The number of piperazine rings is 1. The smallest absolute Gasteiger partial charge is 0.254 e. The number of aromatic nitrogens is 5. The molecule has 5 heterocycles. The Bertz CT molecular complexity index is 2180. The van der Waals surface area contributed by atoms with Crippen LogP contribution in [-0.4, -0.2) is 159 Å². The maximum atomic E-state index is 15.6. The van der Waals surface area contributed by atoms with E-state index in [0.29, 0.717) is 76.3 Å². The first kappa shape index (κ1) is 44.6. The molecule has 1 aliphatic carbocycles. The number of nitrogens with one attached hydrogen (secondary N) is 3. The molecular weight excluding hydrogens is 804 g/mol. The van der Waals surface area contributed by atoms with Gasteiger partial charge in [-0.2, -0.15) is 5.10 Å². The monoisotopic (exact) mass is 860 g/mol. The number of β-amino-alcohol motifs (C(OH)–C–C–N with tert-alkyl or cyclic N) is 1. The van der Waals surface area contributed by atoms with Crippen LogP contribution in [0.15, 0.2) is 43.0 Å². The van der Waals surface area contributed by atoms with Gasteiger partial charge in [0.15, 0.2) is 11.5 Å². The largest absolute Gasteiger partial charge is 0.391 e. The van der Waals surface area contributed by atoms with Crippen molar-refractivity contribution in [2.45, 2.75) is 70.9 Å². The molecule has 4 amide bonds. The lowest BCUT2D eigenvalue weighted by Crippen LogP contribution is -2.54. The minimum absolute atomic E-state index is 0.0761. The predicted octanol–water partition coefficient (Wildman–Crippen LogP) is 3.12. The molecule has 1 saturated carbocycles. The fourth-order valence-electron chi connectivity index (χ4n) is 7.52. The number of carbonyl (C=O) groups is 4. The quantitative estimate of drug-likeness (QED) is 0.100. The molecule has 19 heteroatoms. The number of hydrogen-bond acceptors (Lipinski definition) is 12. The number of fused-ring (bicyclic) bond motifs is 1. The molecule has 4 aromatic rings. The van der Waals surface area contributed by atoms with Crippen LogP contribution in [0, 0.1) is 11.2 Å². The first-order valence-corrected chi connectivity index (χ1v) is 21.4. The summed E-state index contributed by atoms with van der Waals surface area (Å²) in [5.41, 5.74) is 3.02. The molecule has 334 valence electrons. The van der Waals surface area contributed by atoms with Gasteiger partial charge in [0.1, 0.15) is 11.9 Å². The van der Waals surface area contributed by atoms with Crippen molar-refractivity contribution in [2.75, 3.05) is 84.2 Å². The van der Waals surface area contributed by atoms with Crippen LogP contribution in [0.1, 0.15) is 74.8 Å². The van der Waals surface area contributed by atoms with Gasteiger partial charge in [-0.05, 0) is 42.9 Å². The number of nitrogens with zero attached hydrogens (tertiary/aromatic N) is 7. The molecule has 0 spiro atoms. The molecule has 62 heavy (non-hydrogen) atoms. The summed E-state index contributed by atoms with van der Waals surface area (Å²) in [5.74, 6) is -0.701. The molecule has 4 N–H and O–H groups in total. The molecule has 2 atom stereocenters. The highest BCUT2D eigenvalue weighted by molar-refractivity contribution is 5.95. The molecule has 3 aliphatic rings. The first-order chi connectivity index (χ1) is 29.9. The molecule has 18 nitrogen and oxygen atoms in total. The number of ether oxygens (including phenoxy) is 3. The summed E-state index contributed by atoms with van der Waals surface area (Å²) < 4.78 is 34.1. The van der Waals surface area contributed by atoms with E-state index in [-0.39, 0.29) is 74.1 Å². The van der Waals surface area contributed by atoms with Gasteiger partial charge in [0.25, 0.3) is 5.91 Å². The number of anilines is 2. The second kappa shape index (κ2) is 20.1. The van der Waals surface area contributed by atoms with Crippen molar-refractivity contribution in [3.8, 4) is 11.3 Å². The highest BCUT2D eigenvalue weighted by atomic mass is 19.1. The van der Waals surface area contributed by atoms with Gasteiger partial charge in [-0.15, -0.1) is 0 Å². The van der Waals surface area contributed by atoms with E-state index in [9.17, 15) is 24.3 Å². The third-order valence-corrected chi connectivity index (χ3v) is 11.3. The van der Waals surface area contributed by atoms with E-state index in [0.717, 1.165) is 29.8 Å². The third-order valence-electron chi connectivity index (χ3n) is 11.3. The molecular formula is C43H57FN10O8. The van der Waals surface area contributed by atoms with Crippen molar-refractivity contribution in [1.82, 2.24) is 44.6 Å². The maximum Gasteiger partial charge on any atom is 0.254 e. The number of benzene rings is 1. The van der Waals surface area contributed by atoms with Crippen LogP contribution < -0.4 is 10.6 Å². The Labute approximate surface area is 359 Å². The molecule has 0 unspecified atom stereocenters. The van der Waals surface area contributed by atoms with Gasteiger partial charge >= 0.3 is 0 Å². The summed E-state index contributed by atoms with van der Waals surface area (Å²) in [5, 5.41) is 22.6. The number of aliphatic hydroxyl groups is 1. The Kier molecular flexibility index (Phi) is 14.5. The Morgan fingerprint density at radius 1 is 0.903 bits per heavy atom. The van der Waals surface area contributed by atoms with Gasteiger partial charge < -0.3 is 44.7 Å². The van der Waals surface area contributed by atoms with Crippen molar-refractivity contribution in [3.63, 3.8) is 0 Å². The van der Waals surface area contributed by atoms with Crippen LogP contribution in [-0.2, 0) is 28.6 Å². The molecule has 7 rings (SSSR count). The summed E-state index contributed by atoms with van der Waals surface area (Å²) in [6.45, 7) is 9.38. The van der Waals surface area contributed by atoms with E-state index in [1.807, 2.05) is 31.4 Å². The highest BCUT2D eigenvalue weighted by Crippen LogP contribution is 2.40. The molecule has 1 aromatic carbocycles. The molecule has 2 aliphatic heterocycles. The van der Waals surface area contributed by atoms with E-state index >= 15 is 4.39 Å². The third kappa shape index (κ3) is 11.3. The summed E-state index contributed by atoms with van der Waals surface area (Å²) in [6.07, 6.45) is 9.57. The highest BCUT2D eigenvalue weighted by Gasteiger charge is 2.38. The number of halogens is 1. The van der Waals surface area contributed by atoms with Crippen molar-refractivity contribution < 1.29 is 42.9 Å². The molecule has 0 bridgehead atoms. The minimum atomic E-state index is -0.702. The normalized spacial score (nSPS) is 17.4. The summed E-state index contributed by atoms with van der Waals surface area (Å²) >= 11 is 0. The predicted molar refractivity (Wildman–Crippen MR) is 225 cm³/mol. The lowest BCUT2D eigenvalue weighted by Gasteiger charge is -2.35. The number of likely N-dealkylation sites (tertiary alicyclic amines) is 1. The first-order valence-electron chi connectivity index (χ1n) is 21.4. The van der Waals surface area contributed by atoms with Gasteiger partial charge in [-0.25, -0.2) is 14.4 Å². The summed E-state index contributed by atoms with van der Waals surface area (Å²) in [7, 11) is 0. The number of amides is 4. The van der Waals surface area contributed by atoms with Crippen LogP contribution >= 0.6 is 0 Å². The number of hydrogen-bond donors (Lipinski definition) is 4. The summed E-state index contributed by atoms with van der Waals surface area (Å²) in [4.78, 5) is 66.1. The van der Waals surface area contributed by atoms with Gasteiger partial charge in [-0.3, -0.25) is 28.7 Å². The van der Waals surface area contributed by atoms with E-state index in [4.69, 9.17) is 19.2 Å². The molecule has 3 aromatic heterocycles. The Hall–Kier alpha value is -5.50. The topological polar surface area (TPSA) is 209 Å². The maximum absolute atomic E-state index is 15.6. The van der Waals surface area contributed by atoms with Crippen molar-refractivity contribution >= 4 is 40.8 Å². The number of carbonyl (C=O) groups excluding carboxylic acids is 4. The Morgan fingerprint density at radius 3 is 2.23 bits per heavy atom. The van der Waals surface area contributed by atoms with Gasteiger partial charge in [0.05, 0.1) is 81.6 Å². The van der Waals surface area contributed by atoms with Crippen molar-refractivity contribution in [2.24, 2.45) is 5.41 Å². The molecule has 0 radical (unpaired) electrons. The Balaban J connectivity index is 0.758. The van der Waals surface area contributed by atoms with E-state index in [1.54, 1.807) is 39.4 Å². The van der Waals surface area contributed by atoms with E-state index < -0.39 is 23.4 Å². The zero-order valence-corrected chi connectivity index (χ0v) is 35.6. The summed E-state index contributed by atoms with van der Waals surface area (Å²) in [6, 6.07) is 3.64. The van der Waals surface area contributed by atoms with Crippen LogP contribution in [0.5, 0.6) is 0 Å². The van der Waals surface area contributed by atoms with E-state index in [1.165, 1.54) is 12.1 Å². The molecule has 3 fully saturated rings. The SMILES string of the molecule is CC(C)(C)[C@H](NC(=O)CCOCCOCCOCCC(=O)N1CCN(C(=O)c2ccc(Nc3nc(C4CC4)cn4c(-c5cn[nH]c5)cnc34)c(F)c2)CC1)C(=O)N1CC[C@@H](O)C1. The molecule has 2 saturated heterocycles. The lowest BCUT2D eigenvalue weighted by atomic mass is 9.85. The number of H-pyrrole nitrogens is 1. The average Bonchev–Trinajstić information content (AvgIpc) is 3.55. The lowest BCUT2D eigenvalue weighted by molar-refractivity contribution is -0.139. The van der Waals surface area contributed by atoms with Crippen LogP contribution in [0.2, 0.25) is 0 Å². The fourth-order valence-corrected chi connectivity index (χ4v) is 7.52. The zero-order valence-electron chi connectivity index (χ0n) is 35.6. The van der Waals surface area contributed by atoms with Crippen LogP contribution in [0.4, 0.5) is 15.9 Å². The van der Waals surface area contributed by atoms with E-state index in [2.05, 4.69) is 25.8 Å². The number of imidazole rings is 1. The minimum Gasteiger partial charge on any atom is -0.391 e. The van der Waals surface area contributed by atoms with Crippen LogP contribution in [0.3, 0.4) is 0 Å². The van der Waals surface area contributed by atoms with Crippen molar-refractivity contribution in [3.05, 3.63) is 60.1 Å². The average molecular weight is 861 g/mol. The second-order valence-corrected chi connectivity index (χ2v) is 17.0. The number of aliphatic hydroxyl groups excluding tert-OH is 1. The Morgan fingerprint density at radius 2 is 1.60 bits per heavy atom. The van der Waals surface area contributed by atoms with Gasteiger partial charge in [-0.1, -0.05) is 20.8 Å². The number of aromatic amines is 1. The van der Waals surface area contributed by atoms with Gasteiger partial charge in [0.2, 0.25) is 17.7 Å². The number of rotatable bonds is 19. The van der Waals surface area contributed by atoms with Crippen molar-refractivity contribution in [1.29, 1.82) is 0 Å². The van der Waals surface area contributed by atoms with Gasteiger partial charge in [0, 0.05) is 75.1 Å². The fraction of sp³-hybridized carbons (Fsp3) is 0.558. The van der Waals surface area contributed by atoms with Crippen LogP contribution in [0.25, 0.3) is 16.9 Å². The zero-order chi connectivity index (χ0) is 43.8. The standard InChI is InChI=1S/C43H57FN10O8/c1-43(2,3)38(42(59)53-11-8-31(55)26-53)50-36(56)9-16-60-18-20-62-21-19-61-17-10-37(57)51-12-14-52(15-13-51)41(58)29-6-7-33(32(44)22-29)48-39-40-45-25-35(30-23-46-47-24-30)54(40)27-34(49-39)28-4-5-28/h6-7,22-25,27-28,31,38,55H,4-5,8-21,26H2,1-3H3,(H,46,47)(H,48,49)(H,50,56)/t31-,38-/m1/s1. The second-order valence-electron chi connectivity index (χ2n) is 17.0.